The molecular weight excluding hydrogens is 174 g/mol. The molecule has 0 atom stereocenters. The van der Waals surface area contributed by atoms with Crippen LogP contribution < -0.4 is 0 Å². The average molecular weight is 181 g/mol. The molecule has 2 heterocycles. The minimum Gasteiger partial charge on any atom is -0.248 e. The zero-order chi connectivity index (χ0) is 8.39. The number of rotatable bonds is 2. The van der Waals surface area contributed by atoms with Gasteiger partial charge in [0.25, 0.3) is 0 Å². The van der Waals surface area contributed by atoms with Gasteiger partial charge in [-0.2, -0.15) is 0 Å². The van der Waals surface area contributed by atoms with Crippen LogP contribution in [0.15, 0.2) is 10.9 Å². The molecule has 0 N–H and O–H groups in total. The molecule has 0 saturated heterocycles. The van der Waals surface area contributed by atoms with Crippen molar-refractivity contribution in [2.45, 2.75) is 13.5 Å². The lowest BCUT2D eigenvalue weighted by atomic mass is 10.5. The maximum Gasteiger partial charge on any atom is 0.148 e. The summed E-state index contributed by atoms with van der Waals surface area (Å²) in [4.78, 5) is 4.13. The van der Waals surface area contributed by atoms with Crippen molar-refractivity contribution < 1.29 is 0 Å². The Hall–Kier alpha value is -1.30. The molecule has 0 aliphatic carbocycles. The van der Waals surface area contributed by atoms with Crippen LogP contribution >= 0.6 is 11.3 Å². The first-order valence-corrected chi connectivity index (χ1v) is 4.40. The second-order valence-corrected chi connectivity index (χ2v) is 3.08. The van der Waals surface area contributed by atoms with E-state index >= 15 is 0 Å². The summed E-state index contributed by atoms with van der Waals surface area (Å²) in [5.74, 6) is 0.808. The third kappa shape index (κ3) is 1.33. The fraction of sp³-hybridized carbons (Fsp3) is 0.333. The highest BCUT2D eigenvalue weighted by Crippen LogP contribution is 2.03. The van der Waals surface area contributed by atoms with Gasteiger partial charge in [-0.3, -0.25) is 0 Å². The molecule has 0 aliphatic rings. The van der Waals surface area contributed by atoms with Gasteiger partial charge in [-0.15, -0.1) is 16.4 Å². The Morgan fingerprint density at radius 1 is 1.58 bits per heavy atom. The first kappa shape index (κ1) is 7.35. The molecule has 0 unspecified atom stereocenters. The highest BCUT2D eigenvalue weighted by atomic mass is 32.1. The van der Waals surface area contributed by atoms with Crippen molar-refractivity contribution in [2.24, 2.45) is 0 Å². The molecule has 0 bridgehead atoms. The number of tetrazole rings is 1. The molecule has 2 aromatic rings. The van der Waals surface area contributed by atoms with E-state index in [1.165, 1.54) is 0 Å². The number of aromatic nitrogens is 5. The van der Waals surface area contributed by atoms with Gasteiger partial charge in [-0.05, 0) is 17.4 Å². The van der Waals surface area contributed by atoms with Crippen molar-refractivity contribution >= 4 is 11.3 Å². The molecule has 0 radical (unpaired) electrons. The monoisotopic (exact) mass is 181 g/mol. The van der Waals surface area contributed by atoms with Gasteiger partial charge < -0.3 is 0 Å². The lowest BCUT2D eigenvalue weighted by Gasteiger charge is -1.96. The number of nitrogens with zero attached hydrogens (tertiary/aromatic N) is 5. The first-order valence-electron chi connectivity index (χ1n) is 3.46. The quantitative estimate of drug-likeness (QED) is 0.676. The summed E-state index contributed by atoms with van der Waals surface area (Å²) in [5, 5.41) is 13.1. The van der Waals surface area contributed by atoms with Crippen LogP contribution in [-0.4, -0.2) is 25.2 Å². The Morgan fingerprint density at radius 2 is 2.50 bits per heavy atom. The van der Waals surface area contributed by atoms with Crippen LogP contribution in [0.25, 0.3) is 0 Å². The van der Waals surface area contributed by atoms with Crippen molar-refractivity contribution in [3.63, 3.8) is 0 Å². The third-order valence-electron chi connectivity index (χ3n) is 1.51. The summed E-state index contributed by atoms with van der Waals surface area (Å²) in [6.45, 7) is 2.52. The second kappa shape index (κ2) is 2.98. The number of hydrogen-bond acceptors (Lipinski definition) is 5. The molecule has 0 aromatic carbocycles. The van der Waals surface area contributed by atoms with E-state index in [1.807, 2.05) is 12.3 Å². The zero-order valence-corrected chi connectivity index (χ0v) is 7.32. The van der Waals surface area contributed by atoms with Crippen LogP contribution in [0.1, 0.15) is 11.5 Å². The Morgan fingerprint density at radius 3 is 3.08 bits per heavy atom. The summed E-state index contributed by atoms with van der Waals surface area (Å²) < 4.78 is 1.72. The highest BCUT2D eigenvalue weighted by molar-refractivity contribution is 7.07. The average Bonchev–Trinajstić information content (AvgIpc) is 2.65. The van der Waals surface area contributed by atoms with Crippen LogP contribution in [0, 0.1) is 6.92 Å². The van der Waals surface area contributed by atoms with Crippen LogP contribution in [0.2, 0.25) is 0 Å². The largest absolute Gasteiger partial charge is 0.248 e. The lowest BCUT2D eigenvalue weighted by Crippen LogP contribution is -2.04. The van der Waals surface area contributed by atoms with Crippen LogP contribution in [-0.2, 0) is 6.54 Å². The van der Waals surface area contributed by atoms with E-state index < -0.39 is 0 Å². The lowest BCUT2D eigenvalue weighted by molar-refractivity contribution is 0.625. The molecule has 0 fully saturated rings. The Bertz CT molecular complexity index is 352. The Balaban J connectivity index is 2.20. The smallest absolute Gasteiger partial charge is 0.148 e. The van der Waals surface area contributed by atoms with Crippen molar-refractivity contribution in [1.82, 2.24) is 25.2 Å². The van der Waals surface area contributed by atoms with E-state index in [0.717, 1.165) is 11.5 Å². The van der Waals surface area contributed by atoms with Crippen molar-refractivity contribution in [2.75, 3.05) is 0 Å². The zero-order valence-electron chi connectivity index (χ0n) is 6.51. The summed E-state index contributed by atoms with van der Waals surface area (Å²) in [5.41, 5.74) is 2.80. The van der Waals surface area contributed by atoms with E-state index in [0.29, 0.717) is 6.54 Å². The van der Waals surface area contributed by atoms with Crippen molar-refractivity contribution in [3.8, 4) is 0 Å². The highest BCUT2D eigenvalue weighted by Gasteiger charge is 2.01. The summed E-state index contributed by atoms with van der Waals surface area (Å²) in [6.07, 6.45) is 0. The molecule has 0 spiro atoms. The first-order chi connectivity index (χ1) is 5.86. The fourth-order valence-electron chi connectivity index (χ4n) is 0.864. The number of thiazole rings is 1. The molecule has 2 aromatic heterocycles. The molecule has 6 heteroatoms. The van der Waals surface area contributed by atoms with Crippen LogP contribution in [0.5, 0.6) is 0 Å². The van der Waals surface area contributed by atoms with Crippen LogP contribution in [0.3, 0.4) is 0 Å². The minimum atomic E-state index is 0.655. The van der Waals surface area contributed by atoms with Gasteiger partial charge in [0.15, 0.2) is 0 Å². The predicted molar refractivity (Wildman–Crippen MR) is 43.8 cm³/mol. The standard InChI is InChI=1S/C6H7N5S/c1-5-8-9-10-11(5)2-6-3-12-4-7-6/h3-4H,2H2,1H3. The Kier molecular flexibility index (Phi) is 1.83. The number of aryl methyl sites for hydroxylation is 1. The van der Waals surface area contributed by atoms with Gasteiger partial charge in [0.05, 0.1) is 17.7 Å². The summed E-state index contributed by atoms with van der Waals surface area (Å²) in [7, 11) is 0. The van der Waals surface area contributed by atoms with Crippen LogP contribution in [0.4, 0.5) is 0 Å². The van der Waals surface area contributed by atoms with Crippen molar-refractivity contribution in [3.05, 3.63) is 22.4 Å². The topological polar surface area (TPSA) is 56.5 Å². The predicted octanol–water partition coefficient (Wildman–Crippen LogP) is 0.486. The second-order valence-electron chi connectivity index (χ2n) is 2.36. The number of hydrogen-bond donors (Lipinski definition) is 0. The summed E-state index contributed by atoms with van der Waals surface area (Å²) in [6, 6.07) is 0. The minimum absolute atomic E-state index is 0.655. The maximum atomic E-state index is 4.13. The van der Waals surface area contributed by atoms with E-state index in [9.17, 15) is 0 Å². The summed E-state index contributed by atoms with van der Waals surface area (Å²) >= 11 is 1.57. The molecule has 0 amide bonds. The Labute approximate surface area is 73.1 Å². The van der Waals surface area contributed by atoms with E-state index in [4.69, 9.17) is 0 Å². The molecule has 12 heavy (non-hydrogen) atoms. The molecular formula is C6H7N5S. The molecule has 0 aliphatic heterocycles. The molecule has 62 valence electrons. The van der Waals surface area contributed by atoms with Gasteiger partial charge in [-0.1, -0.05) is 0 Å². The van der Waals surface area contributed by atoms with E-state index in [-0.39, 0.29) is 0 Å². The maximum absolute atomic E-state index is 4.13. The van der Waals surface area contributed by atoms with E-state index in [2.05, 4.69) is 20.5 Å². The van der Waals surface area contributed by atoms with Crippen molar-refractivity contribution in [1.29, 1.82) is 0 Å². The fourth-order valence-corrected chi connectivity index (χ4v) is 1.41. The SMILES string of the molecule is Cc1nnnn1Cc1cscn1. The normalized spacial score (nSPS) is 10.4. The third-order valence-corrected chi connectivity index (χ3v) is 2.14. The van der Waals surface area contributed by atoms with Gasteiger partial charge in [0.1, 0.15) is 5.82 Å². The molecule has 0 saturated carbocycles. The molecule has 2 rings (SSSR count). The van der Waals surface area contributed by atoms with Gasteiger partial charge >= 0.3 is 0 Å². The van der Waals surface area contributed by atoms with Gasteiger partial charge in [0, 0.05) is 5.38 Å². The van der Waals surface area contributed by atoms with E-state index in [1.54, 1.807) is 21.5 Å². The van der Waals surface area contributed by atoms with Gasteiger partial charge in [0.2, 0.25) is 0 Å². The van der Waals surface area contributed by atoms with Gasteiger partial charge in [-0.25, -0.2) is 9.67 Å². The molecule has 5 nitrogen and oxygen atoms in total.